The second-order valence-corrected chi connectivity index (χ2v) is 4.07. The van der Waals surface area contributed by atoms with Crippen LogP contribution in [0.1, 0.15) is 22.5 Å². The van der Waals surface area contributed by atoms with Crippen molar-refractivity contribution < 1.29 is 0 Å². The van der Waals surface area contributed by atoms with Gasteiger partial charge in [0.05, 0.1) is 12.2 Å². The Kier molecular flexibility index (Phi) is 2.58. The summed E-state index contributed by atoms with van der Waals surface area (Å²) in [5, 5.41) is 4.44. The molecule has 2 rings (SSSR count). The first-order valence-corrected chi connectivity index (χ1v) is 5.22. The number of hydrogen-bond acceptors (Lipinski definition) is 1. The van der Waals surface area contributed by atoms with Crippen LogP contribution in [0.4, 0.5) is 0 Å². The molecule has 0 radical (unpaired) electrons. The number of aromatic nitrogens is 2. The topological polar surface area (TPSA) is 17.8 Å². The fourth-order valence-corrected chi connectivity index (χ4v) is 1.70. The van der Waals surface area contributed by atoms with Crippen LogP contribution in [-0.4, -0.2) is 9.78 Å². The summed E-state index contributed by atoms with van der Waals surface area (Å²) < 4.78 is 2.04. The van der Waals surface area contributed by atoms with Crippen molar-refractivity contribution in [3.05, 3.63) is 52.8 Å². The van der Waals surface area contributed by atoms with Gasteiger partial charge in [-0.3, -0.25) is 4.68 Å². The molecule has 0 fully saturated rings. The lowest BCUT2D eigenvalue weighted by atomic mass is 10.1. The van der Waals surface area contributed by atoms with E-state index in [2.05, 4.69) is 49.3 Å². The Morgan fingerprint density at radius 1 is 1.07 bits per heavy atom. The lowest BCUT2D eigenvalue weighted by molar-refractivity contribution is 0.659. The third kappa shape index (κ3) is 2.27. The Bertz CT molecular complexity index is 452. The number of rotatable bonds is 2. The van der Waals surface area contributed by atoms with Gasteiger partial charge in [-0.25, -0.2) is 0 Å². The highest BCUT2D eigenvalue weighted by Gasteiger charge is 2.01. The molecule has 0 aliphatic rings. The van der Waals surface area contributed by atoms with E-state index in [1.807, 2.05) is 11.6 Å². The Hall–Kier alpha value is -1.57. The lowest BCUT2D eigenvalue weighted by Gasteiger charge is -2.04. The molecule has 1 aromatic heterocycles. The maximum atomic E-state index is 4.44. The van der Waals surface area contributed by atoms with Crippen molar-refractivity contribution in [3.63, 3.8) is 0 Å². The van der Waals surface area contributed by atoms with Crippen LogP contribution < -0.4 is 0 Å². The highest BCUT2D eigenvalue weighted by Crippen LogP contribution is 2.08. The molecule has 2 aromatic rings. The molecule has 2 nitrogen and oxygen atoms in total. The van der Waals surface area contributed by atoms with Crippen molar-refractivity contribution in [2.24, 2.45) is 0 Å². The Labute approximate surface area is 90.6 Å². The summed E-state index contributed by atoms with van der Waals surface area (Å²) in [4.78, 5) is 0. The molecule has 0 atom stereocenters. The minimum absolute atomic E-state index is 0.861. The number of hydrogen-bond donors (Lipinski definition) is 0. The summed E-state index contributed by atoms with van der Waals surface area (Å²) in [6.07, 6.45) is 0. The van der Waals surface area contributed by atoms with E-state index in [1.165, 1.54) is 16.8 Å². The van der Waals surface area contributed by atoms with E-state index in [0.29, 0.717) is 0 Å². The molecule has 15 heavy (non-hydrogen) atoms. The van der Waals surface area contributed by atoms with Crippen LogP contribution in [0.2, 0.25) is 0 Å². The van der Waals surface area contributed by atoms with E-state index >= 15 is 0 Å². The molecule has 2 heteroatoms. The van der Waals surface area contributed by atoms with Crippen molar-refractivity contribution in [3.8, 4) is 0 Å². The largest absolute Gasteiger partial charge is 0.265 e. The standard InChI is InChI=1S/C13H16N2/c1-10-4-6-13(7-5-10)9-15-12(3)8-11(2)14-15/h4-8H,9H2,1-3H3. The molecule has 0 bridgehead atoms. The number of nitrogens with zero attached hydrogens (tertiary/aromatic N) is 2. The summed E-state index contributed by atoms with van der Waals surface area (Å²) in [6.45, 7) is 7.08. The van der Waals surface area contributed by atoms with Gasteiger partial charge in [-0.05, 0) is 32.4 Å². The van der Waals surface area contributed by atoms with Crippen molar-refractivity contribution in [1.29, 1.82) is 0 Å². The second-order valence-electron chi connectivity index (χ2n) is 4.07. The van der Waals surface area contributed by atoms with Crippen molar-refractivity contribution in [1.82, 2.24) is 9.78 Å². The molecule has 0 unspecified atom stereocenters. The number of benzene rings is 1. The van der Waals surface area contributed by atoms with Crippen LogP contribution in [0.3, 0.4) is 0 Å². The van der Waals surface area contributed by atoms with E-state index in [9.17, 15) is 0 Å². The minimum Gasteiger partial charge on any atom is -0.265 e. The van der Waals surface area contributed by atoms with E-state index in [0.717, 1.165) is 12.2 Å². The van der Waals surface area contributed by atoms with Crippen molar-refractivity contribution in [2.45, 2.75) is 27.3 Å². The van der Waals surface area contributed by atoms with E-state index in [1.54, 1.807) is 0 Å². The average Bonchev–Trinajstić information content (AvgIpc) is 2.49. The van der Waals surface area contributed by atoms with Crippen LogP contribution in [0.5, 0.6) is 0 Å². The van der Waals surface area contributed by atoms with Crippen LogP contribution in [0, 0.1) is 20.8 Å². The molecule has 1 aromatic carbocycles. The average molecular weight is 200 g/mol. The summed E-state index contributed by atoms with van der Waals surface area (Å²) in [7, 11) is 0. The second kappa shape index (κ2) is 3.89. The van der Waals surface area contributed by atoms with Gasteiger partial charge >= 0.3 is 0 Å². The summed E-state index contributed by atoms with van der Waals surface area (Å²) in [5.41, 5.74) is 4.90. The maximum absolute atomic E-state index is 4.44. The number of aryl methyl sites for hydroxylation is 3. The molecule has 0 amide bonds. The van der Waals surface area contributed by atoms with Crippen molar-refractivity contribution >= 4 is 0 Å². The SMILES string of the molecule is Cc1ccc(Cn2nc(C)cc2C)cc1. The Balaban J connectivity index is 2.21. The third-order valence-electron chi connectivity index (χ3n) is 2.56. The van der Waals surface area contributed by atoms with Gasteiger partial charge in [0.1, 0.15) is 0 Å². The summed E-state index contributed by atoms with van der Waals surface area (Å²) in [6, 6.07) is 10.7. The Morgan fingerprint density at radius 3 is 2.27 bits per heavy atom. The van der Waals surface area contributed by atoms with Gasteiger partial charge in [0.15, 0.2) is 0 Å². The van der Waals surface area contributed by atoms with Crippen LogP contribution in [0.25, 0.3) is 0 Å². The fraction of sp³-hybridized carbons (Fsp3) is 0.308. The lowest BCUT2D eigenvalue weighted by Crippen LogP contribution is -2.03. The minimum atomic E-state index is 0.861. The molecule has 0 N–H and O–H groups in total. The molecule has 0 saturated heterocycles. The zero-order chi connectivity index (χ0) is 10.8. The van der Waals surface area contributed by atoms with Gasteiger partial charge in [0, 0.05) is 5.69 Å². The van der Waals surface area contributed by atoms with E-state index in [4.69, 9.17) is 0 Å². The highest BCUT2D eigenvalue weighted by atomic mass is 15.3. The molecular formula is C13H16N2. The molecular weight excluding hydrogens is 184 g/mol. The predicted octanol–water partition coefficient (Wildman–Crippen LogP) is 2.86. The molecule has 0 saturated carbocycles. The van der Waals surface area contributed by atoms with Gasteiger partial charge in [0.25, 0.3) is 0 Å². The molecule has 0 spiro atoms. The predicted molar refractivity (Wildman–Crippen MR) is 62.0 cm³/mol. The first-order chi connectivity index (χ1) is 7.15. The third-order valence-corrected chi connectivity index (χ3v) is 2.56. The molecule has 0 aliphatic carbocycles. The maximum Gasteiger partial charge on any atom is 0.0662 e. The van der Waals surface area contributed by atoms with Gasteiger partial charge in [-0.1, -0.05) is 29.8 Å². The molecule has 78 valence electrons. The van der Waals surface area contributed by atoms with Crippen LogP contribution >= 0.6 is 0 Å². The van der Waals surface area contributed by atoms with Crippen LogP contribution in [-0.2, 0) is 6.54 Å². The summed E-state index contributed by atoms with van der Waals surface area (Å²) >= 11 is 0. The normalized spacial score (nSPS) is 10.6. The Morgan fingerprint density at radius 2 is 1.73 bits per heavy atom. The first kappa shape index (κ1) is 9.97. The van der Waals surface area contributed by atoms with Crippen LogP contribution in [0.15, 0.2) is 30.3 Å². The van der Waals surface area contributed by atoms with Crippen molar-refractivity contribution in [2.75, 3.05) is 0 Å². The van der Waals surface area contributed by atoms with E-state index < -0.39 is 0 Å². The summed E-state index contributed by atoms with van der Waals surface area (Å²) in [5.74, 6) is 0. The smallest absolute Gasteiger partial charge is 0.0662 e. The molecule has 0 aliphatic heterocycles. The zero-order valence-corrected chi connectivity index (χ0v) is 9.49. The van der Waals surface area contributed by atoms with E-state index in [-0.39, 0.29) is 0 Å². The highest BCUT2D eigenvalue weighted by molar-refractivity contribution is 5.22. The molecule has 1 heterocycles. The van der Waals surface area contributed by atoms with Gasteiger partial charge in [-0.2, -0.15) is 5.10 Å². The van der Waals surface area contributed by atoms with Gasteiger partial charge in [0.2, 0.25) is 0 Å². The van der Waals surface area contributed by atoms with Gasteiger partial charge < -0.3 is 0 Å². The zero-order valence-electron chi connectivity index (χ0n) is 9.49. The monoisotopic (exact) mass is 200 g/mol. The van der Waals surface area contributed by atoms with Gasteiger partial charge in [-0.15, -0.1) is 0 Å². The quantitative estimate of drug-likeness (QED) is 0.729. The fourth-order valence-electron chi connectivity index (χ4n) is 1.70. The first-order valence-electron chi connectivity index (χ1n) is 5.22.